The summed E-state index contributed by atoms with van der Waals surface area (Å²) in [5, 5.41) is 95.8. The van der Waals surface area contributed by atoms with Gasteiger partial charge in [-0.3, -0.25) is 0 Å². The van der Waals surface area contributed by atoms with E-state index in [0.29, 0.717) is 62.5 Å². The molecule has 680 valence electrons. The van der Waals surface area contributed by atoms with Gasteiger partial charge in [0.1, 0.15) is 48.8 Å². The largest absolute Gasteiger partial charge is 0.459 e. The smallest absolute Gasteiger partial charge is 0.331 e. The molecular formula is C90H152O28. The highest BCUT2D eigenvalue weighted by atomic mass is 16.7. The van der Waals surface area contributed by atoms with Gasteiger partial charge in [0.25, 0.3) is 0 Å². The van der Waals surface area contributed by atoms with Gasteiger partial charge in [-0.05, 0) is 129 Å². The molecule has 28 heteroatoms. The molecule has 0 spiro atoms. The predicted octanol–water partition coefficient (Wildman–Crippen LogP) is 9.16. The van der Waals surface area contributed by atoms with Crippen molar-refractivity contribution in [3.8, 4) is 0 Å². The average Bonchev–Trinajstić information content (AvgIpc) is 0.825. The van der Waals surface area contributed by atoms with Gasteiger partial charge in [0.05, 0.1) is 135 Å². The number of aliphatic hydroxyl groups excluding tert-OH is 8. The second kappa shape index (κ2) is 51.8. The minimum atomic E-state index is -1.23. The Morgan fingerprint density at radius 1 is 0.424 bits per heavy atom. The third-order valence-corrected chi connectivity index (χ3v) is 25.8. The second-order valence-corrected chi connectivity index (χ2v) is 35.0. The SMILES string of the molecule is CO[C@H]1C[C@H](CC[C@H](C)[C@H](O)[C@H](C)[C@@H]2C[C@H](O)C[C@H](O)[C@H](C)[C@@H](OC)C[C@@H]3CC=C[C@@H](C[C@@H](O[C@H]4OC[C@H](OC)[C@@H](OC)[C@@H]4O)CC=C(C)/C=C/C(=O)O[C@H]([C@@H](C)[C@@H](O)[C@@H](C)CC[C@H]4C[C@H](OC)C[C@H](C)O4)C[C@H](O)C[C@H](O)[C@H](C)[C@@H](OC)C[C@@H]4CC=C[C@@H](C[C@@H](O[C@H]5OC[C@H](OC)[C@@H](OC)[C@@H]5O)C/C=C(C)/C=C\C(=O)O2)O4)O3)O[C@@H](C)C1. The van der Waals surface area contributed by atoms with Crippen LogP contribution in [0, 0.1) is 35.5 Å². The van der Waals surface area contributed by atoms with Gasteiger partial charge in [-0.2, -0.15) is 0 Å². The Balaban J connectivity index is 1.18. The molecule has 7 rings (SSSR count). The van der Waals surface area contributed by atoms with Crippen molar-refractivity contribution >= 4 is 11.9 Å². The number of esters is 2. The number of carbonyl (C=O) groups is 2. The van der Waals surface area contributed by atoms with Crippen molar-refractivity contribution in [2.45, 2.75) is 381 Å². The molecular weight excluding hydrogens is 1530 g/mol. The highest BCUT2D eigenvalue weighted by Gasteiger charge is 2.46. The molecule has 0 amide bonds. The summed E-state index contributed by atoms with van der Waals surface area (Å²) >= 11 is 0. The highest BCUT2D eigenvalue weighted by molar-refractivity contribution is 5.83. The molecule has 0 aromatic heterocycles. The lowest BCUT2D eigenvalue weighted by Gasteiger charge is -2.40. The first-order valence-electron chi connectivity index (χ1n) is 43.6. The van der Waals surface area contributed by atoms with Gasteiger partial charge < -0.3 is 126 Å². The summed E-state index contributed by atoms with van der Waals surface area (Å²) in [6.07, 6.45) is 5.51. The minimum Gasteiger partial charge on any atom is -0.459 e. The van der Waals surface area contributed by atoms with Gasteiger partial charge in [0, 0.05) is 131 Å². The normalized spacial score (nSPS) is 41.0. The molecule has 0 unspecified atom stereocenters. The van der Waals surface area contributed by atoms with E-state index < -0.39 is 182 Å². The van der Waals surface area contributed by atoms with Crippen LogP contribution in [-0.4, -0.2) is 306 Å². The lowest BCUT2D eigenvalue weighted by Crippen LogP contribution is -2.56. The number of fused-ring (bicyclic) bond motifs is 4. The molecule has 36 atom stereocenters. The third-order valence-electron chi connectivity index (χ3n) is 25.8. The number of methoxy groups -OCH3 is 8. The topological polar surface area (TPSA) is 362 Å². The van der Waals surface area contributed by atoms with Crippen molar-refractivity contribution in [2.75, 3.05) is 70.1 Å². The Labute approximate surface area is 703 Å². The minimum absolute atomic E-state index is 0.0206. The number of allylic oxidation sites excluding steroid dienone is 4. The average molecular weight is 1680 g/mol. The van der Waals surface area contributed by atoms with Crippen molar-refractivity contribution in [2.24, 2.45) is 35.5 Å². The maximum absolute atomic E-state index is 14.2. The van der Waals surface area contributed by atoms with Gasteiger partial charge in [-0.1, -0.05) is 101 Å². The Bertz CT molecular complexity index is 2850. The first kappa shape index (κ1) is 102. The van der Waals surface area contributed by atoms with Crippen LogP contribution in [0.15, 0.2) is 71.9 Å². The van der Waals surface area contributed by atoms with E-state index in [9.17, 15) is 50.4 Å². The molecule has 4 fully saturated rings. The van der Waals surface area contributed by atoms with Crippen molar-refractivity contribution in [1.29, 1.82) is 0 Å². The molecule has 0 aromatic rings. The Morgan fingerprint density at radius 3 is 1.14 bits per heavy atom. The van der Waals surface area contributed by atoms with E-state index in [2.05, 4.69) is 0 Å². The molecule has 118 heavy (non-hydrogen) atoms. The summed E-state index contributed by atoms with van der Waals surface area (Å²) in [4.78, 5) is 28.5. The summed E-state index contributed by atoms with van der Waals surface area (Å²) in [6, 6.07) is 0. The summed E-state index contributed by atoms with van der Waals surface area (Å²) in [5.41, 5.74) is 1.32. The van der Waals surface area contributed by atoms with Crippen LogP contribution >= 0.6 is 0 Å². The molecule has 0 radical (unpaired) electrons. The van der Waals surface area contributed by atoms with Crippen LogP contribution in [0.1, 0.15) is 198 Å². The maximum Gasteiger partial charge on any atom is 0.331 e. The number of aliphatic hydroxyl groups is 8. The fourth-order valence-corrected chi connectivity index (χ4v) is 18.0. The molecule has 28 nitrogen and oxygen atoms in total. The molecule has 8 N–H and O–H groups in total. The number of cyclic esters (lactones) is 2. The van der Waals surface area contributed by atoms with E-state index in [4.69, 9.17) is 85.3 Å². The molecule has 4 saturated heterocycles. The van der Waals surface area contributed by atoms with Crippen LogP contribution in [0.5, 0.6) is 0 Å². The highest BCUT2D eigenvalue weighted by Crippen LogP contribution is 2.37. The van der Waals surface area contributed by atoms with Gasteiger partial charge in [-0.15, -0.1) is 0 Å². The summed E-state index contributed by atoms with van der Waals surface area (Å²) in [7, 11) is 12.5. The summed E-state index contributed by atoms with van der Waals surface area (Å²) < 4.78 is 110. The van der Waals surface area contributed by atoms with Gasteiger partial charge in [0.2, 0.25) is 0 Å². The van der Waals surface area contributed by atoms with E-state index in [0.717, 1.165) is 25.7 Å². The van der Waals surface area contributed by atoms with E-state index in [1.165, 1.54) is 40.6 Å². The summed E-state index contributed by atoms with van der Waals surface area (Å²) in [5.74, 6) is -4.40. The number of hydrogen-bond donors (Lipinski definition) is 8. The zero-order valence-corrected chi connectivity index (χ0v) is 73.9. The molecule has 0 saturated carbocycles. The fourth-order valence-electron chi connectivity index (χ4n) is 18.0. The quantitative estimate of drug-likeness (QED) is 0.0329. The standard InChI is InChI=1S/C90H152O28/c1-51-25-31-69(115-89-85(99)87(107-17)79(105-15)49-109-89)43-63-21-19-23-65(113-63)47-75(103-13)58(8)74(94)40-62(92)42-78(60(10)84(98)54(4)30-34-68-46-72(102-12)38-56(6)112-68)118-82(96)36-28-52(2)26-32-70(116-90-86(100)88(108-18)80(106-16)50-110-90)44-64-22-20-24-66(114-64)48-76(104-14)57(7)73(93)39-61(91)41-77(117-81(95)35-27-51)59(9)83(97)53(3)29-33-67-45-71(101-11)37-55(5)111-67/h19-22,25-28,35-36,53-80,83-94,97-100H,23-24,29-34,37-50H2,1-18H3/b35-27-,36-28+,51-25+,52-26?/t53-,54-,55-,56-,57-,58-,59+,60+,61+,62+,63-,64-,65-,66-,67-,68-,69-,70-,71+,72+,73-,74-,75-,76-,77-,78-,79-,80-,83-,84-,85-,86-,87+,88+,89+,90+/m0/s1. The summed E-state index contributed by atoms with van der Waals surface area (Å²) in [6.45, 7) is 19.1. The Morgan fingerprint density at radius 2 is 0.797 bits per heavy atom. The number of carbonyl (C=O) groups excluding carboxylic acids is 2. The number of ether oxygens (including phenoxy) is 18. The number of rotatable bonds is 24. The van der Waals surface area contributed by atoms with Crippen LogP contribution in [0.3, 0.4) is 0 Å². The maximum atomic E-state index is 14.2. The van der Waals surface area contributed by atoms with Crippen LogP contribution in [-0.2, 0) is 94.9 Å². The van der Waals surface area contributed by atoms with Crippen LogP contribution in [0.25, 0.3) is 0 Å². The molecule has 0 aliphatic carbocycles. The van der Waals surface area contributed by atoms with Gasteiger partial charge in [0.15, 0.2) is 12.6 Å². The molecule has 7 heterocycles. The lowest BCUT2D eigenvalue weighted by molar-refractivity contribution is -0.290. The van der Waals surface area contributed by atoms with Crippen molar-refractivity contribution in [1.82, 2.24) is 0 Å². The fraction of sp³-hybridized carbons (Fsp3) is 0.844. The number of hydrogen-bond acceptors (Lipinski definition) is 28. The van der Waals surface area contributed by atoms with E-state index in [1.807, 2.05) is 91.8 Å². The van der Waals surface area contributed by atoms with Crippen LogP contribution in [0.4, 0.5) is 0 Å². The molecule has 0 aromatic carbocycles. The monoisotopic (exact) mass is 1680 g/mol. The molecule has 7 aliphatic rings. The van der Waals surface area contributed by atoms with Gasteiger partial charge in [-0.25, -0.2) is 9.59 Å². The van der Waals surface area contributed by atoms with Gasteiger partial charge >= 0.3 is 11.9 Å². The van der Waals surface area contributed by atoms with E-state index >= 15 is 0 Å². The molecule has 4 bridgehead atoms. The Hall–Kier alpha value is -3.58. The zero-order valence-electron chi connectivity index (χ0n) is 73.9. The first-order valence-corrected chi connectivity index (χ1v) is 43.6. The van der Waals surface area contributed by atoms with E-state index in [-0.39, 0.29) is 113 Å². The Kier molecular flexibility index (Phi) is 44.5. The zero-order chi connectivity index (χ0) is 86.4. The first-order chi connectivity index (χ1) is 56.3. The van der Waals surface area contributed by atoms with Crippen molar-refractivity contribution in [3.05, 3.63) is 71.9 Å². The third kappa shape index (κ3) is 32.1. The predicted molar refractivity (Wildman–Crippen MR) is 441 cm³/mol. The van der Waals surface area contributed by atoms with Crippen LogP contribution in [0.2, 0.25) is 0 Å². The lowest BCUT2D eigenvalue weighted by atomic mass is 9.83. The van der Waals surface area contributed by atoms with Crippen molar-refractivity contribution < 1.29 is 136 Å². The van der Waals surface area contributed by atoms with Crippen molar-refractivity contribution in [3.63, 3.8) is 0 Å². The second-order valence-electron chi connectivity index (χ2n) is 35.0. The molecule has 7 aliphatic heterocycles. The van der Waals surface area contributed by atoms with Crippen LogP contribution < -0.4 is 0 Å². The van der Waals surface area contributed by atoms with E-state index in [1.54, 1.807) is 54.4 Å².